The molecule has 1 atom stereocenters. The number of benzene rings is 1. The molecule has 30 heavy (non-hydrogen) atoms. The molecule has 1 unspecified atom stereocenters. The summed E-state index contributed by atoms with van der Waals surface area (Å²) in [5.41, 5.74) is 1.21. The Bertz CT molecular complexity index is 833. The van der Waals surface area contributed by atoms with Crippen molar-refractivity contribution >= 4 is 29.2 Å². The van der Waals surface area contributed by atoms with Crippen molar-refractivity contribution in [3.63, 3.8) is 0 Å². The molecule has 6 heteroatoms. The van der Waals surface area contributed by atoms with Crippen molar-refractivity contribution in [3.8, 4) is 0 Å². The summed E-state index contributed by atoms with van der Waals surface area (Å²) in [6, 6.07) is 14.0. The third kappa shape index (κ3) is 7.11. The van der Waals surface area contributed by atoms with Crippen molar-refractivity contribution in [1.29, 1.82) is 0 Å². The van der Waals surface area contributed by atoms with Crippen molar-refractivity contribution in [3.05, 3.63) is 64.0 Å². The Kier molecular flexibility index (Phi) is 8.66. The fourth-order valence-corrected chi connectivity index (χ4v) is 4.38. The fourth-order valence-electron chi connectivity index (χ4n) is 3.72. The second-order valence-electron chi connectivity index (χ2n) is 7.77. The number of hydrogen-bond acceptors (Lipinski definition) is 4. The summed E-state index contributed by atoms with van der Waals surface area (Å²) >= 11 is 1.53. The van der Waals surface area contributed by atoms with E-state index < -0.39 is 0 Å². The molecule has 0 bridgehead atoms. The van der Waals surface area contributed by atoms with Gasteiger partial charge in [0.25, 0.3) is 5.91 Å². The van der Waals surface area contributed by atoms with Gasteiger partial charge < -0.3 is 15.5 Å². The molecule has 2 amide bonds. The first-order valence-corrected chi connectivity index (χ1v) is 11.6. The van der Waals surface area contributed by atoms with Crippen molar-refractivity contribution < 1.29 is 9.59 Å². The highest BCUT2D eigenvalue weighted by molar-refractivity contribution is 7.10. The number of carbonyl (C=O) groups excluding carboxylic acids is 2. The van der Waals surface area contributed by atoms with Crippen molar-refractivity contribution in [2.24, 2.45) is 0 Å². The lowest BCUT2D eigenvalue weighted by Crippen LogP contribution is -2.40. The van der Waals surface area contributed by atoms with Crippen LogP contribution in [0, 0.1) is 0 Å². The second kappa shape index (κ2) is 11.7. The van der Waals surface area contributed by atoms with Crippen LogP contribution >= 0.6 is 11.3 Å². The highest BCUT2D eigenvalue weighted by Gasteiger charge is 2.18. The van der Waals surface area contributed by atoms with E-state index in [2.05, 4.69) is 22.5 Å². The molecule has 1 aromatic carbocycles. The molecule has 2 heterocycles. The monoisotopic (exact) mass is 425 g/mol. The summed E-state index contributed by atoms with van der Waals surface area (Å²) in [5.74, 6) is -0.433. The smallest absolute Gasteiger partial charge is 0.267 e. The Balaban J connectivity index is 1.53. The van der Waals surface area contributed by atoms with Gasteiger partial charge >= 0.3 is 0 Å². The molecule has 2 aromatic rings. The summed E-state index contributed by atoms with van der Waals surface area (Å²) in [5, 5.41) is 7.73. The Morgan fingerprint density at radius 3 is 2.73 bits per heavy atom. The lowest BCUT2D eigenvalue weighted by molar-refractivity contribution is -0.123. The molecule has 1 saturated heterocycles. The zero-order valence-corrected chi connectivity index (χ0v) is 18.4. The van der Waals surface area contributed by atoms with Gasteiger partial charge in [-0.2, -0.15) is 0 Å². The van der Waals surface area contributed by atoms with Gasteiger partial charge in [0.15, 0.2) is 0 Å². The number of amides is 2. The van der Waals surface area contributed by atoms with E-state index in [1.807, 2.05) is 47.8 Å². The van der Waals surface area contributed by atoms with Crippen molar-refractivity contribution in [1.82, 2.24) is 15.5 Å². The number of nitrogens with zero attached hydrogens (tertiary/aromatic N) is 1. The van der Waals surface area contributed by atoms with Gasteiger partial charge in [-0.3, -0.25) is 9.59 Å². The lowest BCUT2D eigenvalue weighted by atomic mass is 10.0. The summed E-state index contributed by atoms with van der Waals surface area (Å²) in [4.78, 5) is 28.7. The van der Waals surface area contributed by atoms with Crippen molar-refractivity contribution in [2.75, 3.05) is 19.6 Å². The lowest BCUT2D eigenvalue weighted by Gasteiger charge is -2.33. The number of thiophene rings is 1. The molecule has 0 spiro atoms. The summed E-state index contributed by atoms with van der Waals surface area (Å²) < 4.78 is 0. The van der Waals surface area contributed by atoms with E-state index in [4.69, 9.17) is 0 Å². The van der Waals surface area contributed by atoms with Gasteiger partial charge in [0.05, 0.1) is 6.42 Å². The number of nitrogens with one attached hydrogen (secondary N) is 2. The van der Waals surface area contributed by atoms with Crippen LogP contribution in [0.5, 0.6) is 0 Å². The summed E-state index contributed by atoms with van der Waals surface area (Å²) in [6.07, 6.45) is 6.72. The van der Waals surface area contributed by atoms with Crippen LogP contribution in [0.1, 0.15) is 43.0 Å². The quantitative estimate of drug-likeness (QED) is 0.474. The highest BCUT2D eigenvalue weighted by atomic mass is 32.1. The van der Waals surface area contributed by atoms with Crippen LogP contribution in [0.4, 0.5) is 0 Å². The van der Waals surface area contributed by atoms with Crippen LogP contribution in [0.25, 0.3) is 6.08 Å². The topological polar surface area (TPSA) is 61.4 Å². The second-order valence-corrected chi connectivity index (χ2v) is 8.75. The maximum atomic E-state index is 12.8. The van der Waals surface area contributed by atoms with E-state index >= 15 is 0 Å². The molecule has 0 aliphatic carbocycles. The molecular weight excluding hydrogens is 394 g/mol. The van der Waals surface area contributed by atoms with E-state index in [0.717, 1.165) is 30.0 Å². The number of rotatable bonds is 9. The third-order valence-corrected chi connectivity index (χ3v) is 6.22. The van der Waals surface area contributed by atoms with Crippen LogP contribution in [-0.2, 0) is 16.0 Å². The normalized spacial score (nSPS) is 17.5. The first kappa shape index (κ1) is 22.2. The predicted octanol–water partition coefficient (Wildman–Crippen LogP) is 3.83. The maximum absolute atomic E-state index is 12.8. The minimum Gasteiger partial charge on any atom is -0.351 e. The minimum atomic E-state index is -0.239. The van der Waals surface area contributed by atoms with Crippen molar-refractivity contribution in [2.45, 2.75) is 45.1 Å². The van der Waals surface area contributed by atoms with Gasteiger partial charge in [-0.1, -0.05) is 42.8 Å². The Morgan fingerprint density at radius 2 is 2.00 bits per heavy atom. The van der Waals surface area contributed by atoms with Crippen LogP contribution in [-0.4, -0.2) is 42.4 Å². The average Bonchev–Trinajstić information content (AvgIpc) is 3.25. The Hall–Kier alpha value is -2.44. The Morgan fingerprint density at radius 1 is 1.17 bits per heavy atom. The van der Waals surface area contributed by atoms with Gasteiger partial charge in [-0.05, 0) is 55.8 Å². The zero-order valence-electron chi connectivity index (χ0n) is 17.6. The summed E-state index contributed by atoms with van der Waals surface area (Å²) in [6.45, 7) is 5.01. The predicted molar refractivity (Wildman–Crippen MR) is 123 cm³/mol. The SMILES string of the molecule is CC1CCCCN1CCCNC(=O)/C(=C\c1cccs1)NC(=O)Cc1ccccc1. The van der Waals surface area contributed by atoms with Crippen LogP contribution in [0.15, 0.2) is 53.5 Å². The molecule has 3 rings (SSSR count). The molecule has 5 nitrogen and oxygen atoms in total. The van der Waals surface area contributed by atoms with Crippen LogP contribution < -0.4 is 10.6 Å². The summed E-state index contributed by atoms with van der Waals surface area (Å²) in [7, 11) is 0. The van der Waals surface area contributed by atoms with E-state index in [1.165, 1.54) is 30.6 Å². The molecule has 1 aromatic heterocycles. The molecule has 160 valence electrons. The van der Waals surface area contributed by atoms with Gasteiger partial charge in [-0.25, -0.2) is 0 Å². The van der Waals surface area contributed by atoms with Gasteiger partial charge in [0.1, 0.15) is 5.70 Å². The first-order valence-electron chi connectivity index (χ1n) is 10.7. The molecule has 1 aliphatic heterocycles. The number of carbonyl (C=O) groups is 2. The third-order valence-electron chi connectivity index (χ3n) is 5.40. The minimum absolute atomic E-state index is 0.193. The fraction of sp³-hybridized carbons (Fsp3) is 0.417. The Labute approximate surface area is 183 Å². The van der Waals surface area contributed by atoms with E-state index in [-0.39, 0.29) is 18.2 Å². The molecule has 2 N–H and O–H groups in total. The van der Waals surface area contributed by atoms with Gasteiger partial charge in [0, 0.05) is 24.0 Å². The average molecular weight is 426 g/mol. The van der Waals surface area contributed by atoms with Gasteiger partial charge in [0.2, 0.25) is 5.91 Å². The number of likely N-dealkylation sites (tertiary alicyclic amines) is 1. The zero-order chi connectivity index (χ0) is 21.2. The van der Waals surface area contributed by atoms with Crippen LogP contribution in [0.2, 0.25) is 0 Å². The van der Waals surface area contributed by atoms with E-state index in [1.54, 1.807) is 6.08 Å². The molecule has 0 saturated carbocycles. The molecule has 0 radical (unpaired) electrons. The standard InChI is InChI=1S/C24H31N3O2S/c1-19-9-5-6-14-27(19)15-8-13-25-24(29)22(18-21-12-7-16-30-21)26-23(28)17-20-10-3-2-4-11-20/h2-4,7,10-12,16,18-19H,5-6,8-9,13-15,17H2,1H3,(H,25,29)(H,26,28)/b22-18+. The van der Waals surface area contributed by atoms with E-state index in [0.29, 0.717) is 18.3 Å². The molecule has 1 fully saturated rings. The molecular formula is C24H31N3O2S. The largest absolute Gasteiger partial charge is 0.351 e. The first-order chi connectivity index (χ1) is 14.6. The number of piperidine rings is 1. The van der Waals surface area contributed by atoms with Crippen LogP contribution in [0.3, 0.4) is 0 Å². The molecule has 1 aliphatic rings. The maximum Gasteiger partial charge on any atom is 0.267 e. The van der Waals surface area contributed by atoms with Gasteiger partial charge in [-0.15, -0.1) is 11.3 Å². The number of hydrogen-bond donors (Lipinski definition) is 2. The van der Waals surface area contributed by atoms with E-state index in [9.17, 15) is 9.59 Å². The highest BCUT2D eigenvalue weighted by Crippen LogP contribution is 2.16.